The summed E-state index contributed by atoms with van der Waals surface area (Å²) in [6.45, 7) is 6.66. The Morgan fingerprint density at radius 3 is 2.80 bits per heavy atom. The topological polar surface area (TPSA) is 83.6 Å². The average molecular weight is 499 g/mol. The number of amides is 2. The van der Waals surface area contributed by atoms with Gasteiger partial charge in [0.25, 0.3) is 5.91 Å². The average Bonchev–Trinajstić information content (AvgIpc) is 3.09. The van der Waals surface area contributed by atoms with E-state index in [1.165, 1.54) is 23.5 Å². The van der Waals surface area contributed by atoms with Crippen LogP contribution < -0.4 is 10.6 Å². The minimum Gasteiger partial charge on any atom is -0.373 e. The van der Waals surface area contributed by atoms with E-state index in [9.17, 15) is 14.0 Å². The van der Waals surface area contributed by atoms with E-state index < -0.39 is 11.7 Å². The van der Waals surface area contributed by atoms with Crippen molar-refractivity contribution in [3.63, 3.8) is 0 Å². The number of anilines is 1. The summed E-state index contributed by atoms with van der Waals surface area (Å²) in [6.07, 6.45) is 0.469. The molecule has 0 radical (unpaired) electrons. The molecular formula is C20H24BrFN4O3S. The van der Waals surface area contributed by atoms with Crippen LogP contribution in [0, 0.1) is 5.82 Å². The van der Waals surface area contributed by atoms with Crippen LogP contribution in [-0.4, -0.2) is 53.5 Å². The second-order valence-corrected chi connectivity index (χ2v) is 8.99. The largest absolute Gasteiger partial charge is 0.373 e. The van der Waals surface area contributed by atoms with Gasteiger partial charge in [-0.15, -0.1) is 11.3 Å². The fraction of sp³-hybridized carbons (Fsp3) is 0.450. The number of nitrogens with zero attached hydrogens (tertiary/aromatic N) is 2. The highest BCUT2D eigenvalue weighted by Gasteiger charge is 2.22. The van der Waals surface area contributed by atoms with Gasteiger partial charge >= 0.3 is 0 Å². The fourth-order valence-corrected chi connectivity index (χ4v) is 4.46. The smallest absolute Gasteiger partial charge is 0.252 e. The number of hydrogen-bond donors (Lipinski definition) is 2. The van der Waals surface area contributed by atoms with E-state index in [1.807, 2.05) is 5.38 Å². The van der Waals surface area contributed by atoms with E-state index in [-0.39, 0.29) is 36.6 Å². The van der Waals surface area contributed by atoms with E-state index in [0.29, 0.717) is 16.1 Å². The van der Waals surface area contributed by atoms with Crippen LogP contribution in [0.2, 0.25) is 0 Å². The minimum absolute atomic E-state index is 0.0894. The molecule has 1 aliphatic rings. The normalized spacial score (nSPS) is 19.5. The Morgan fingerprint density at radius 1 is 1.33 bits per heavy atom. The lowest BCUT2D eigenvalue weighted by atomic mass is 10.2. The third-order valence-corrected chi connectivity index (χ3v) is 5.99. The van der Waals surface area contributed by atoms with Crippen molar-refractivity contribution in [2.24, 2.45) is 0 Å². The van der Waals surface area contributed by atoms with Crippen LogP contribution in [0.4, 0.5) is 9.52 Å². The van der Waals surface area contributed by atoms with Gasteiger partial charge in [0.2, 0.25) is 5.91 Å². The second kappa shape index (κ2) is 10.4. The SMILES string of the molecule is CC1CN(Cc2csc(NC(=O)CCNC(=O)c3cc(F)ccc3Br)n2)CC(C)O1. The first-order valence-corrected chi connectivity index (χ1v) is 11.3. The number of thiazole rings is 1. The molecular weight excluding hydrogens is 475 g/mol. The summed E-state index contributed by atoms with van der Waals surface area (Å²) in [5, 5.41) is 7.84. The van der Waals surface area contributed by atoms with Crippen molar-refractivity contribution >= 4 is 44.2 Å². The Balaban J connectivity index is 1.43. The maximum absolute atomic E-state index is 13.3. The van der Waals surface area contributed by atoms with Crippen LogP contribution in [0.25, 0.3) is 0 Å². The predicted molar refractivity (Wildman–Crippen MR) is 117 cm³/mol. The lowest BCUT2D eigenvalue weighted by Gasteiger charge is -2.34. The molecule has 162 valence electrons. The molecule has 2 heterocycles. The quantitative estimate of drug-likeness (QED) is 0.610. The number of nitrogens with one attached hydrogen (secondary N) is 2. The third kappa shape index (κ3) is 6.56. The molecule has 2 aromatic rings. The maximum Gasteiger partial charge on any atom is 0.252 e. The summed E-state index contributed by atoms with van der Waals surface area (Å²) < 4.78 is 19.5. The van der Waals surface area contributed by atoms with E-state index in [2.05, 4.69) is 50.3 Å². The number of hydrogen-bond acceptors (Lipinski definition) is 6. The van der Waals surface area contributed by atoms with Crippen molar-refractivity contribution in [2.75, 3.05) is 25.0 Å². The first kappa shape index (κ1) is 22.8. The molecule has 0 spiro atoms. The zero-order valence-electron chi connectivity index (χ0n) is 16.8. The number of carbonyl (C=O) groups is 2. The molecule has 1 aromatic heterocycles. The zero-order chi connectivity index (χ0) is 21.7. The van der Waals surface area contributed by atoms with E-state index in [0.717, 1.165) is 24.8 Å². The predicted octanol–water partition coefficient (Wildman–Crippen LogP) is 3.41. The van der Waals surface area contributed by atoms with E-state index >= 15 is 0 Å². The molecule has 2 unspecified atom stereocenters. The highest BCUT2D eigenvalue weighted by atomic mass is 79.9. The monoisotopic (exact) mass is 498 g/mol. The van der Waals surface area contributed by atoms with Crippen molar-refractivity contribution in [3.05, 3.63) is 45.1 Å². The summed E-state index contributed by atoms with van der Waals surface area (Å²) in [7, 11) is 0. The highest BCUT2D eigenvalue weighted by molar-refractivity contribution is 9.10. The zero-order valence-corrected chi connectivity index (χ0v) is 19.2. The molecule has 7 nitrogen and oxygen atoms in total. The molecule has 2 N–H and O–H groups in total. The van der Waals surface area contributed by atoms with E-state index in [1.54, 1.807) is 0 Å². The lowest BCUT2D eigenvalue weighted by Crippen LogP contribution is -2.44. The third-order valence-electron chi connectivity index (χ3n) is 4.49. The molecule has 10 heteroatoms. The standard InChI is InChI=1S/C20H24BrFN4O3S/c1-12-8-26(9-13(2)29-12)10-15-11-30-20(24-15)25-18(27)5-6-23-19(28)16-7-14(22)3-4-17(16)21/h3-4,7,11-13H,5-6,8-10H2,1-2H3,(H,23,28)(H,24,25,27). The molecule has 2 atom stereocenters. The summed E-state index contributed by atoms with van der Waals surface area (Å²) >= 11 is 4.59. The van der Waals surface area contributed by atoms with Gasteiger partial charge in [0, 0.05) is 42.5 Å². The first-order chi connectivity index (χ1) is 14.3. The molecule has 2 amide bonds. The second-order valence-electron chi connectivity index (χ2n) is 7.27. The van der Waals surface area contributed by atoms with Gasteiger partial charge < -0.3 is 15.4 Å². The Kier molecular flexibility index (Phi) is 7.93. The van der Waals surface area contributed by atoms with Crippen molar-refractivity contribution in [2.45, 2.75) is 39.0 Å². The fourth-order valence-electron chi connectivity index (χ4n) is 3.32. The van der Waals surface area contributed by atoms with Gasteiger partial charge in [-0.2, -0.15) is 0 Å². The summed E-state index contributed by atoms with van der Waals surface area (Å²) in [4.78, 5) is 31.0. The van der Waals surface area contributed by atoms with Gasteiger partial charge in [-0.1, -0.05) is 0 Å². The maximum atomic E-state index is 13.3. The lowest BCUT2D eigenvalue weighted by molar-refractivity contribution is -0.116. The molecule has 30 heavy (non-hydrogen) atoms. The van der Waals surface area contributed by atoms with Crippen molar-refractivity contribution < 1.29 is 18.7 Å². The van der Waals surface area contributed by atoms with Gasteiger partial charge in [0.15, 0.2) is 5.13 Å². The molecule has 0 saturated carbocycles. The van der Waals surface area contributed by atoms with E-state index in [4.69, 9.17) is 4.74 Å². The molecule has 1 saturated heterocycles. The van der Waals surface area contributed by atoms with Crippen LogP contribution in [-0.2, 0) is 16.1 Å². The molecule has 0 bridgehead atoms. The van der Waals surface area contributed by atoms with Crippen LogP contribution in [0.5, 0.6) is 0 Å². The Hall–Kier alpha value is -1.88. The molecule has 3 rings (SSSR count). The molecule has 0 aliphatic carbocycles. The van der Waals surface area contributed by atoms with Crippen LogP contribution in [0.1, 0.15) is 36.3 Å². The number of ether oxygens (including phenoxy) is 1. The molecule has 1 aromatic carbocycles. The number of morpholine rings is 1. The van der Waals surface area contributed by atoms with Gasteiger partial charge in [-0.25, -0.2) is 9.37 Å². The molecule has 1 fully saturated rings. The summed E-state index contributed by atoms with van der Waals surface area (Å²) in [5.41, 5.74) is 1.09. The van der Waals surface area contributed by atoms with Crippen LogP contribution in [0.15, 0.2) is 28.1 Å². The first-order valence-electron chi connectivity index (χ1n) is 9.65. The molecule has 1 aliphatic heterocycles. The van der Waals surface area contributed by atoms with Gasteiger partial charge in [-0.05, 0) is 48.0 Å². The Morgan fingerprint density at radius 2 is 2.07 bits per heavy atom. The Bertz CT molecular complexity index is 900. The number of benzene rings is 1. The number of halogens is 2. The summed E-state index contributed by atoms with van der Waals surface area (Å²) in [5.74, 6) is -1.19. The number of aromatic nitrogens is 1. The van der Waals surface area contributed by atoms with Crippen LogP contribution in [0.3, 0.4) is 0 Å². The number of carbonyl (C=O) groups excluding carboxylic acids is 2. The van der Waals surface area contributed by atoms with Crippen molar-refractivity contribution in [3.8, 4) is 0 Å². The summed E-state index contributed by atoms with van der Waals surface area (Å²) in [6, 6.07) is 3.87. The van der Waals surface area contributed by atoms with Crippen molar-refractivity contribution in [1.29, 1.82) is 0 Å². The van der Waals surface area contributed by atoms with Gasteiger partial charge in [-0.3, -0.25) is 14.5 Å². The van der Waals surface area contributed by atoms with Gasteiger partial charge in [0.1, 0.15) is 5.82 Å². The Labute approximate surface area is 187 Å². The van der Waals surface area contributed by atoms with Crippen LogP contribution >= 0.6 is 27.3 Å². The number of rotatable bonds is 7. The minimum atomic E-state index is -0.498. The van der Waals surface area contributed by atoms with Gasteiger partial charge in [0.05, 0.1) is 23.5 Å². The highest BCUT2D eigenvalue weighted by Crippen LogP contribution is 2.20. The van der Waals surface area contributed by atoms with Crippen molar-refractivity contribution in [1.82, 2.24) is 15.2 Å².